The standard InChI is InChI=1S/C12H15ClFNS/c1-15-12-7-16-6-8(12)5-9-10(13)3-2-4-11(9)14/h2-4,8,12,15H,5-7H2,1H3. The van der Waals surface area contributed by atoms with E-state index in [0.717, 1.165) is 17.9 Å². The number of halogens is 2. The first kappa shape index (κ1) is 12.2. The van der Waals surface area contributed by atoms with E-state index >= 15 is 0 Å². The van der Waals surface area contributed by atoms with Crippen LogP contribution < -0.4 is 5.32 Å². The molecule has 0 aromatic heterocycles. The predicted octanol–water partition coefficient (Wildman–Crippen LogP) is 2.97. The van der Waals surface area contributed by atoms with Gasteiger partial charge in [-0.3, -0.25) is 0 Å². The number of hydrogen-bond donors (Lipinski definition) is 1. The van der Waals surface area contributed by atoms with E-state index in [1.807, 2.05) is 18.8 Å². The number of benzene rings is 1. The van der Waals surface area contributed by atoms with Crippen molar-refractivity contribution < 1.29 is 4.39 Å². The Kier molecular flexibility index (Phi) is 4.11. The van der Waals surface area contributed by atoms with Gasteiger partial charge in [0.25, 0.3) is 0 Å². The van der Waals surface area contributed by atoms with Gasteiger partial charge in [-0.2, -0.15) is 11.8 Å². The summed E-state index contributed by atoms with van der Waals surface area (Å²) in [5.74, 6) is 2.48. The molecule has 2 unspecified atom stereocenters. The van der Waals surface area contributed by atoms with Gasteiger partial charge in [-0.25, -0.2) is 4.39 Å². The molecule has 1 heterocycles. The van der Waals surface area contributed by atoms with Crippen LogP contribution in [-0.4, -0.2) is 24.6 Å². The van der Waals surface area contributed by atoms with Crippen LogP contribution in [0, 0.1) is 11.7 Å². The van der Waals surface area contributed by atoms with E-state index < -0.39 is 0 Å². The van der Waals surface area contributed by atoms with Gasteiger partial charge in [0.05, 0.1) is 0 Å². The summed E-state index contributed by atoms with van der Waals surface area (Å²) >= 11 is 7.95. The topological polar surface area (TPSA) is 12.0 Å². The molecule has 0 amide bonds. The molecule has 2 rings (SSSR count). The van der Waals surface area contributed by atoms with E-state index in [-0.39, 0.29) is 5.82 Å². The summed E-state index contributed by atoms with van der Waals surface area (Å²) in [6.45, 7) is 0. The minimum Gasteiger partial charge on any atom is -0.316 e. The molecular formula is C12H15ClFNS. The number of nitrogens with one attached hydrogen (secondary N) is 1. The maximum Gasteiger partial charge on any atom is 0.127 e. The Morgan fingerprint density at radius 1 is 1.50 bits per heavy atom. The van der Waals surface area contributed by atoms with Crippen LogP contribution in [0.15, 0.2) is 18.2 Å². The van der Waals surface area contributed by atoms with Crippen molar-refractivity contribution in [3.8, 4) is 0 Å². The van der Waals surface area contributed by atoms with E-state index in [0.29, 0.717) is 22.5 Å². The van der Waals surface area contributed by atoms with Gasteiger partial charge in [0, 0.05) is 22.4 Å². The Bertz CT molecular complexity index is 352. The average Bonchev–Trinajstić information content (AvgIpc) is 2.71. The summed E-state index contributed by atoms with van der Waals surface area (Å²) in [5, 5.41) is 3.83. The van der Waals surface area contributed by atoms with Gasteiger partial charge in [0.15, 0.2) is 0 Å². The SMILES string of the molecule is CNC1CSCC1Cc1c(F)cccc1Cl. The highest BCUT2D eigenvalue weighted by molar-refractivity contribution is 7.99. The number of hydrogen-bond acceptors (Lipinski definition) is 2. The van der Waals surface area contributed by atoms with Crippen LogP contribution in [0.25, 0.3) is 0 Å². The molecular weight excluding hydrogens is 245 g/mol. The molecule has 88 valence electrons. The van der Waals surface area contributed by atoms with Gasteiger partial charge in [-0.1, -0.05) is 17.7 Å². The Balaban J connectivity index is 2.14. The first-order valence-corrected chi connectivity index (χ1v) is 6.93. The number of thioether (sulfide) groups is 1. The van der Waals surface area contributed by atoms with E-state index in [9.17, 15) is 4.39 Å². The molecule has 1 saturated heterocycles. The van der Waals surface area contributed by atoms with Crippen molar-refractivity contribution in [2.75, 3.05) is 18.6 Å². The zero-order chi connectivity index (χ0) is 11.5. The maximum absolute atomic E-state index is 13.6. The lowest BCUT2D eigenvalue weighted by molar-refractivity contribution is 0.445. The predicted molar refractivity (Wildman–Crippen MR) is 68.8 cm³/mol. The van der Waals surface area contributed by atoms with Crippen LogP contribution >= 0.6 is 23.4 Å². The first-order valence-electron chi connectivity index (χ1n) is 5.40. The van der Waals surface area contributed by atoms with Gasteiger partial charge < -0.3 is 5.32 Å². The molecule has 0 spiro atoms. The Labute approximate surface area is 105 Å². The molecule has 16 heavy (non-hydrogen) atoms. The Hall–Kier alpha value is -0.250. The van der Waals surface area contributed by atoms with Crippen molar-refractivity contribution in [2.45, 2.75) is 12.5 Å². The number of rotatable bonds is 3. The Morgan fingerprint density at radius 3 is 3.00 bits per heavy atom. The van der Waals surface area contributed by atoms with Crippen molar-refractivity contribution in [1.29, 1.82) is 0 Å². The second kappa shape index (κ2) is 5.39. The van der Waals surface area contributed by atoms with Gasteiger partial charge in [-0.15, -0.1) is 0 Å². The van der Waals surface area contributed by atoms with Crippen LogP contribution in [0.5, 0.6) is 0 Å². The highest BCUT2D eigenvalue weighted by atomic mass is 35.5. The fourth-order valence-electron chi connectivity index (χ4n) is 2.11. The third-order valence-corrected chi connectivity index (χ3v) is 4.71. The molecule has 1 nitrogen and oxygen atoms in total. The largest absolute Gasteiger partial charge is 0.316 e. The summed E-state index contributed by atoms with van der Waals surface area (Å²) in [7, 11) is 1.96. The third kappa shape index (κ3) is 2.53. The van der Waals surface area contributed by atoms with Crippen molar-refractivity contribution in [1.82, 2.24) is 5.32 Å². The lowest BCUT2D eigenvalue weighted by Crippen LogP contribution is -2.33. The smallest absolute Gasteiger partial charge is 0.127 e. The van der Waals surface area contributed by atoms with Gasteiger partial charge in [0.1, 0.15) is 5.82 Å². The first-order chi connectivity index (χ1) is 7.72. The molecule has 1 fully saturated rings. The van der Waals surface area contributed by atoms with E-state index in [4.69, 9.17) is 11.6 Å². The fraction of sp³-hybridized carbons (Fsp3) is 0.500. The van der Waals surface area contributed by atoms with Crippen LogP contribution in [0.2, 0.25) is 5.02 Å². The molecule has 4 heteroatoms. The third-order valence-electron chi connectivity index (χ3n) is 3.10. The second-order valence-electron chi connectivity index (χ2n) is 4.10. The zero-order valence-corrected chi connectivity index (χ0v) is 10.7. The maximum atomic E-state index is 13.6. The molecule has 1 aliphatic rings. The van der Waals surface area contributed by atoms with Crippen LogP contribution in [0.1, 0.15) is 5.56 Å². The molecule has 2 atom stereocenters. The summed E-state index contributed by atoms with van der Waals surface area (Å²) in [5.41, 5.74) is 0.664. The molecule has 1 aromatic carbocycles. The van der Waals surface area contributed by atoms with E-state index in [1.54, 1.807) is 12.1 Å². The van der Waals surface area contributed by atoms with Crippen molar-refractivity contribution >= 4 is 23.4 Å². The quantitative estimate of drug-likeness (QED) is 0.896. The van der Waals surface area contributed by atoms with Gasteiger partial charge in [-0.05, 0) is 37.3 Å². The molecule has 1 aromatic rings. The zero-order valence-electron chi connectivity index (χ0n) is 9.17. The molecule has 0 radical (unpaired) electrons. The lowest BCUT2D eigenvalue weighted by atomic mass is 9.95. The van der Waals surface area contributed by atoms with Crippen molar-refractivity contribution in [3.05, 3.63) is 34.6 Å². The minimum atomic E-state index is -0.181. The molecule has 1 aliphatic heterocycles. The summed E-state index contributed by atoms with van der Waals surface area (Å²) in [6, 6.07) is 5.37. The van der Waals surface area contributed by atoms with Gasteiger partial charge in [0.2, 0.25) is 0 Å². The highest BCUT2D eigenvalue weighted by Crippen LogP contribution is 2.30. The van der Waals surface area contributed by atoms with E-state index in [2.05, 4.69) is 5.32 Å². The molecule has 0 bridgehead atoms. The van der Waals surface area contributed by atoms with Crippen molar-refractivity contribution in [3.63, 3.8) is 0 Å². The molecule has 0 aliphatic carbocycles. The summed E-state index contributed by atoms with van der Waals surface area (Å²) in [6.07, 6.45) is 0.726. The van der Waals surface area contributed by atoms with Crippen LogP contribution in [0.3, 0.4) is 0 Å². The second-order valence-corrected chi connectivity index (χ2v) is 5.58. The van der Waals surface area contributed by atoms with Crippen LogP contribution in [-0.2, 0) is 6.42 Å². The fourth-order valence-corrected chi connectivity index (χ4v) is 3.83. The summed E-state index contributed by atoms with van der Waals surface area (Å²) in [4.78, 5) is 0. The van der Waals surface area contributed by atoms with Gasteiger partial charge >= 0.3 is 0 Å². The normalized spacial score (nSPS) is 24.9. The molecule has 0 saturated carbocycles. The van der Waals surface area contributed by atoms with E-state index in [1.165, 1.54) is 6.07 Å². The minimum absolute atomic E-state index is 0.181. The van der Waals surface area contributed by atoms with Crippen LogP contribution in [0.4, 0.5) is 4.39 Å². The summed E-state index contributed by atoms with van der Waals surface area (Å²) < 4.78 is 13.6. The van der Waals surface area contributed by atoms with Crippen molar-refractivity contribution in [2.24, 2.45) is 5.92 Å². The Morgan fingerprint density at radius 2 is 2.31 bits per heavy atom. The molecule has 1 N–H and O–H groups in total. The highest BCUT2D eigenvalue weighted by Gasteiger charge is 2.27. The lowest BCUT2D eigenvalue weighted by Gasteiger charge is -2.18. The average molecular weight is 260 g/mol. The monoisotopic (exact) mass is 259 g/mol.